The van der Waals surface area contributed by atoms with E-state index < -0.39 is 0 Å². The second-order valence-corrected chi connectivity index (χ2v) is 6.49. The van der Waals surface area contributed by atoms with Crippen molar-refractivity contribution in [2.24, 2.45) is 0 Å². The van der Waals surface area contributed by atoms with E-state index in [1.807, 2.05) is 12.1 Å². The molecule has 0 spiro atoms. The molecule has 1 aromatic carbocycles. The van der Waals surface area contributed by atoms with Gasteiger partial charge in [0.15, 0.2) is 0 Å². The average Bonchev–Trinajstić information content (AvgIpc) is 2.67. The highest BCUT2D eigenvalue weighted by Gasteiger charge is 2.39. The first-order valence-corrected chi connectivity index (χ1v) is 7.99. The summed E-state index contributed by atoms with van der Waals surface area (Å²) in [6.45, 7) is 0.772. The molecule has 1 amide bonds. The average molecular weight is 309 g/mol. The summed E-state index contributed by atoms with van der Waals surface area (Å²) in [6.07, 6.45) is 4.34. The van der Waals surface area contributed by atoms with Crippen molar-refractivity contribution in [3.05, 3.63) is 29.3 Å². The van der Waals surface area contributed by atoms with E-state index in [4.69, 9.17) is 11.6 Å². The van der Waals surface area contributed by atoms with Crippen LogP contribution in [-0.2, 0) is 4.79 Å². The Kier molecular flexibility index (Phi) is 4.48. The lowest BCUT2D eigenvalue weighted by Gasteiger charge is -2.36. The number of aliphatic hydroxyl groups excluding tert-OH is 1. The fourth-order valence-electron chi connectivity index (χ4n) is 3.63. The molecule has 2 bridgehead atoms. The smallest absolute Gasteiger partial charge is 0.225 e. The number of amides is 1. The maximum Gasteiger partial charge on any atom is 0.225 e. The van der Waals surface area contributed by atoms with Gasteiger partial charge in [0.1, 0.15) is 0 Å². The number of aliphatic hydroxyl groups is 1. The van der Waals surface area contributed by atoms with Crippen LogP contribution in [0.2, 0.25) is 5.02 Å². The molecule has 2 N–H and O–H groups in total. The van der Waals surface area contributed by atoms with E-state index in [2.05, 4.69) is 10.2 Å². The van der Waals surface area contributed by atoms with E-state index in [9.17, 15) is 9.90 Å². The van der Waals surface area contributed by atoms with Crippen molar-refractivity contribution >= 4 is 23.2 Å². The summed E-state index contributed by atoms with van der Waals surface area (Å²) in [4.78, 5) is 14.4. The Hall–Kier alpha value is -1.10. The molecule has 3 rings (SSSR count). The van der Waals surface area contributed by atoms with Crippen LogP contribution in [0.4, 0.5) is 5.69 Å². The highest BCUT2D eigenvalue weighted by Crippen LogP contribution is 2.35. The summed E-state index contributed by atoms with van der Waals surface area (Å²) in [6, 6.07) is 8.11. The van der Waals surface area contributed by atoms with Gasteiger partial charge in [-0.1, -0.05) is 17.7 Å². The van der Waals surface area contributed by atoms with Gasteiger partial charge in [-0.15, -0.1) is 0 Å². The monoisotopic (exact) mass is 308 g/mol. The molecule has 0 radical (unpaired) electrons. The molecule has 2 aliphatic rings. The Morgan fingerprint density at radius 1 is 1.33 bits per heavy atom. The number of fused-ring (bicyclic) bond motifs is 2. The molecule has 4 nitrogen and oxygen atoms in total. The summed E-state index contributed by atoms with van der Waals surface area (Å²) < 4.78 is 0. The lowest BCUT2D eigenvalue weighted by atomic mass is 10.00. The number of rotatable bonds is 4. The minimum absolute atomic E-state index is 0.0165. The number of benzene rings is 1. The first-order valence-electron chi connectivity index (χ1n) is 7.61. The van der Waals surface area contributed by atoms with E-state index >= 15 is 0 Å². The van der Waals surface area contributed by atoms with Gasteiger partial charge < -0.3 is 10.4 Å². The minimum atomic E-state index is -0.154. The fraction of sp³-hybridized carbons (Fsp3) is 0.562. The number of piperidine rings is 1. The van der Waals surface area contributed by atoms with Crippen LogP contribution in [0.5, 0.6) is 0 Å². The summed E-state index contributed by atoms with van der Waals surface area (Å²) >= 11 is 5.90. The first-order chi connectivity index (χ1) is 10.1. The summed E-state index contributed by atoms with van der Waals surface area (Å²) in [7, 11) is 0. The molecule has 2 atom stereocenters. The maximum absolute atomic E-state index is 12.0. The molecule has 2 unspecified atom stereocenters. The largest absolute Gasteiger partial charge is 0.393 e. The van der Waals surface area contributed by atoms with Crippen LogP contribution >= 0.6 is 11.6 Å². The molecule has 2 aliphatic heterocycles. The molecule has 21 heavy (non-hydrogen) atoms. The van der Waals surface area contributed by atoms with E-state index in [-0.39, 0.29) is 12.0 Å². The molecular weight excluding hydrogens is 288 g/mol. The third-order valence-corrected chi connectivity index (χ3v) is 4.80. The van der Waals surface area contributed by atoms with E-state index in [1.165, 1.54) is 0 Å². The Labute approximate surface area is 130 Å². The molecule has 2 fully saturated rings. The van der Waals surface area contributed by atoms with Crippen molar-refractivity contribution in [2.75, 3.05) is 11.9 Å². The number of nitrogens with zero attached hydrogens (tertiary/aromatic N) is 1. The fourth-order valence-corrected chi connectivity index (χ4v) is 3.82. The third kappa shape index (κ3) is 3.57. The minimum Gasteiger partial charge on any atom is -0.393 e. The normalized spacial score (nSPS) is 28.6. The van der Waals surface area contributed by atoms with Crippen molar-refractivity contribution in [1.29, 1.82) is 0 Å². The number of hydrogen-bond donors (Lipinski definition) is 2. The number of nitrogens with one attached hydrogen (secondary N) is 1. The van der Waals surface area contributed by atoms with E-state index in [0.717, 1.165) is 37.9 Å². The molecule has 2 heterocycles. The Morgan fingerprint density at radius 2 is 2.05 bits per heavy atom. The van der Waals surface area contributed by atoms with Crippen molar-refractivity contribution in [1.82, 2.24) is 4.90 Å². The van der Waals surface area contributed by atoms with Crippen LogP contribution in [0, 0.1) is 0 Å². The maximum atomic E-state index is 12.0. The second kappa shape index (κ2) is 6.34. The molecule has 114 valence electrons. The predicted octanol–water partition coefficient (Wildman–Crippen LogP) is 2.66. The Balaban J connectivity index is 1.50. The van der Waals surface area contributed by atoms with Crippen molar-refractivity contribution in [3.63, 3.8) is 0 Å². The molecule has 0 aliphatic carbocycles. The van der Waals surface area contributed by atoms with Crippen molar-refractivity contribution in [3.8, 4) is 0 Å². The van der Waals surface area contributed by atoms with Gasteiger partial charge in [-0.25, -0.2) is 0 Å². The molecule has 2 saturated heterocycles. The van der Waals surface area contributed by atoms with Gasteiger partial charge >= 0.3 is 0 Å². The van der Waals surface area contributed by atoms with Crippen LogP contribution in [0.1, 0.15) is 32.1 Å². The Bertz CT molecular complexity index is 509. The quantitative estimate of drug-likeness (QED) is 0.899. The van der Waals surface area contributed by atoms with Gasteiger partial charge in [0.2, 0.25) is 5.91 Å². The number of hydrogen-bond acceptors (Lipinski definition) is 3. The summed E-state index contributed by atoms with van der Waals surface area (Å²) in [5, 5.41) is 13.3. The molecule has 5 heteroatoms. The lowest BCUT2D eigenvalue weighted by molar-refractivity contribution is -0.116. The second-order valence-electron chi connectivity index (χ2n) is 6.06. The van der Waals surface area contributed by atoms with Gasteiger partial charge in [0.25, 0.3) is 0 Å². The molecular formula is C16H21ClN2O2. The lowest BCUT2D eigenvalue weighted by Crippen LogP contribution is -2.45. The zero-order valence-corrected chi connectivity index (χ0v) is 12.7. The van der Waals surface area contributed by atoms with Gasteiger partial charge in [-0.05, 0) is 43.9 Å². The SMILES string of the molecule is O=C(CCN1C2CCC1CC(O)C2)Nc1cccc(Cl)c1. The standard InChI is InChI=1S/C16H21ClN2O2/c17-11-2-1-3-12(8-11)18-16(21)6-7-19-13-4-5-14(19)10-15(20)9-13/h1-3,8,13-15,20H,4-7,9-10H2,(H,18,21). The molecule has 0 saturated carbocycles. The van der Waals surface area contributed by atoms with Gasteiger partial charge in [-0.2, -0.15) is 0 Å². The topological polar surface area (TPSA) is 52.6 Å². The van der Waals surface area contributed by atoms with Gasteiger partial charge in [0, 0.05) is 35.8 Å². The summed E-state index contributed by atoms with van der Waals surface area (Å²) in [5.74, 6) is 0.0165. The van der Waals surface area contributed by atoms with E-state index in [0.29, 0.717) is 23.5 Å². The first kappa shape index (κ1) is 14.8. The van der Waals surface area contributed by atoms with Crippen molar-refractivity contribution in [2.45, 2.75) is 50.3 Å². The van der Waals surface area contributed by atoms with Gasteiger partial charge in [0.05, 0.1) is 6.10 Å². The van der Waals surface area contributed by atoms with Crippen LogP contribution < -0.4 is 5.32 Å². The zero-order valence-electron chi connectivity index (χ0n) is 12.0. The Morgan fingerprint density at radius 3 is 2.71 bits per heavy atom. The summed E-state index contributed by atoms with van der Waals surface area (Å²) in [5.41, 5.74) is 0.740. The van der Waals surface area contributed by atoms with Crippen LogP contribution in [-0.4, -0.2) is 40.6 Å². The van der Waals surface area contributed by atoms with E-state index in [1.54, 1.807) is 12.1 Å². The molecule has 0 aromatic heterocycles. The number of halogens is 1. The third-order valence-electron chi connectivity index (χ3n) is 4.56. The van der Waals surface area contributed by atoms with Crippen LogP contribution in [0.15, 0.2) is 24.3 Å². The van der Waals surface area contributed by atoms with Crippen LogP contribution in [0.3, 0.4) is 0 Å². The molecule has 1 aromatic rings. The van der Waals surface area contributed by atoms with Crippen molar-refractivity contribution < 1.29 is 9.90 Å². The predicted molar refractivity (Wildman–Crippen MR) is 83.5 cm³/mol. The number of anilines is 1. The van der Waals surface area contributed by atoms with Crippen LogP contribution in [0.25, 0.3) is 0 Å². The zero-order chi connectivity index (χ0) is 14.8. The number of carbonyl (C=O) groups is 1. The number of carbonyl (C=O) groups excluding carboxylic acids is 1. The highest BCUT2D eigenvalue weighted by molar-refractivity contribution is 6.30. The van der Waals surface area contributed by atoms with Gasteiger partial charge in [-0.3, -0.25) is 9.69 Å². The highest BCUT2D eigenvalue weighted by atomic mass is 35.5.